The number of ether oxygens (including phenoxy) is 2. The van der Waals surface area contributed by atoms with E-state index in [9.17, 15) is 9.59 Å². The quantitative estimate of drug-likeness (QED) is 0.558. The van der Waals surface area contributed by atoms with E-state index >= 15 is 0 Å². The fourth-order valence-corrected chi connectivity index (χ4v) is 2.60. The maximum Gasteiger partial charge on any atom is 0.333 e. The first kappa shape index (κ1) is 16.0. The number of H-pyrrole nitrogens is 1. The summed E-state index contributed by atoms with van der Waals surface area (Å²) in [6.07, 6.45) is 0.639. The Morgan fingerprint density at radius 2 is 1.75 bits per heavy atom. The standard InChI is InChI=1S/C19H17NO4/c1-23-12-17(21)24-19(13-7-3-2-4-8-13)18(22)15-11-20-16-10-6-5-9-14(15)16/h2-11,19-20H,12H2,1H3/t19-/m0/s1. The number of rotatable bonds is 6. The van der Waals surface area contributed by atoms with Crippen LogP contribution in [0, 0.1) is 0 Å². The minimum absolute atomic E-state index is 0.204. The number of fused-ring (bicyclic) bond motifs is 1. The third-order valence-electron chi connectivity index (χ3n) is 3.71. The molecule has 1 heterocycles. The second kappa shape index (κ2) is 7.10. The number of aromatic nitrogens is 1. The zero-order valence-corrected chi connectivity index (χ0v) is 13.2. The highest BCUT2D eigenvalue weighted by atomic mass is 16.6. The monoisotopic (exact) mass is 323 g/mol. The molecule has 0 spiro atoms. The smallest absolute Gasteiger partial charge is 0.333 e. The first-order chi connectivity index (χ1) is 11.7. The van der Waals surface area contributed by atoms with E-state index in [4.69, 9.17) is 9.47 Å². The normalized spacial score (nSPS) is 12.0. The van der Waals surface area contributed by atoms with Crippen LogP contribution in [0.3, 0.4) is 0 Å². The van der Waals surface area contributed by atoms with Gasteiger partial charge in [-0.25, -0.2) is 4.79 Å². The van der Waals surface area contributed by atoms with Gasteiger partial charge in [0, 0.05) is 35.3 Å². The zero-order chi connectivity index (χ0) is 16.9. The molecule has 0 aliphatic rings. The van der Waals surface area contributed by atoms with Crippen molar-refractivity contribution in [2.75, 3.05) is 13.7 Å². The number of benzene rings is 2. The molecule has 1 N–H and O–H groups in total. The number of aromatic amines is 1. The first-order valence-corrected chi connectivity index (χ1v) is 7.54. The second-order valence-electron chi connectivity index (χ2n) is 5.33. The number of carbonyl (C=O) groups excluding carboxylic acids is 2. The zero-order valence-electron chi connectivity index (χ0n) is 13.2. The highest BCUT2D eigenvalue weighted by molar-refractivity contribution is 6.10. The highest BCUT2D eigenvalue weighted by Crippen LogP contribution is 2.27. The number of ketones is 1. The molecule has 5 heteroatoms. The van der Waals surface area contributed by atoms with Gasteiger partial charge in [0.05, 0.1) is 0 Å². The molecule has 0 unspecified atom stereocenters. The summed E-state index contributed by atoms with van der Waals surface area (Å²) in [5, 5.41) is 0.797. The molecule has 0 radical (unpaired) electrons. The average Bonchev–Trinajstić information content (AvgIpc) is 3.04. The third kappa shape index (κ3) is 3.21. The number of Topliss-reactive ketones (excluding diaryl/α,β-unsaturated/α-hetero) is 1. The van der Waals surface area contributed by atoms with Crippen molar-refractivity contribution in [1.82, 2.24) is 4.98 Å². The van der Waals surface area contributed by atoms with E-state index in [1.54, 1.807) is 30.5 Å². The number of hydrogen-bond acceptors (Lipinski definition) is 4. The molecule has 0 aliphatic heterocycles. The summed E-state index contributed by atoms with van der Waals surface area (Å²) in [4.78, 5) is 27.9. The number of nitrogens with one attached hydrogen (secondary N) is 1. The molecule has 1 aromatic heterocycles. The summed E-state index contributed by atoms with van der Waals surface area (Å²) >= 11 is 0. The molecule has 0 aliphatic carbocycles. The number of carbonyl (C=O) groups is 2. The molecular weight excluding hydrogens is 306 g/mol. The van der Waals surface area contributed by atoms with Crippen LogP contribution in [0.25, 0.3) is 10.9 Å². The molecule has 5 nitrogen and oxygen atoms in total. The Kier molecular flexibility index (Phi) is 4.72. The van der Waals surface area contributed by atoms with Gasteiger partial charge in [0.1, 0.15) is 6.61 Å². The van der Waals surface area contributed by atoms with Crippen molar-refractivity contribution in [1.29, 1.82) is 0 Å². The van der Waals surface area contributed by atoms with Gasteiger partial charge in [-0.3, -0.25) is 4.79 Å². The fraction of sp³-hybridized carbons (Fsp3) is 0.158. The van der Waals surface area contributed by atoms with Crippen molar-refractivity contribution in [3.05, 3.63) is 71.9 Å². The first-order valence-electron chi connectivity index (χ1n) is 7.54. The van der Waals surface area contributed by atoms with E-state index in [2.05, 4.69) is 4.98 Å². The Labute approximate surface area is 139 Å². The fourth-order valence-electron chi connectivity index (χ4n) is 2.60. The molecule has 3 aromatic rings. The van der Waals surface area contributed by atoms with E-state index in [-0.39, 0.29) is 12.4 Å². The van der Waals surface area contributed by atoms with Crippen molar-refractivity contribution >= 4 is 22.7 Å². The lowest BCUT2D eigenvalue weighted by Crippen LogP contribution is -2.22. The van der Waals surface area contributed by atoms with Crippen molar-refractivity contribution in [3.63, 3.8) is 0 Å². The van der Waals surface area contributed by atoms with Crippen molar-refractivity contribution in [2.24, 2.45) is 0 Å². The maximum atomic E-state index is 13.0. The van der Waals surface area contributed by atoms with Crippen molar-refractivity contribution in [3.8, 4) is 0 Å². The number of para-hydroxylation sites is 1. The molecule has 3 rings (SSSR count). The minimum Gasteiger partial charge on any atom is -0.447 e. The molecule has 0 saturated carbocycles. The van der Waals surface area contributed by atoms with Gasteiger partial charge >= 0.3 is 5.97 Å². The molecule has 2 aromatic carbocycles. The Morgan fingerprint density at radius 1 is 1.04 bits per heavy atom. The molecule has 24 heavy (non-hydrogen) atoms. The topological polar surface area (TPSA) is 68.4 Å². The summed E-state index contributed by atoms with van der Waals surface area (Å²) in [7, 11) is 1.40. The van der Waals surface area contributed by atoms with Gasteiger partial charge < -0.3 is 14.5 Å². The SMILES string of the molecule is COCC(=O)O[C@H](C(=O)c1c[nH]c2ccccc12)c1ccccc1. The van der Waals surface area contributed by atoms with Crippen LogP contribution in [0.2, 0.25) is 0 Å². The molecule has 0 amide bonds. The second-order valence-corrected chi connectivity index (χ2v) is 5.33. The number of methoxy groups -OCH3 is 1. The molecular formula is C19H17NO4. The van der Waals surface area contributed by atoms with E-state index in [0.717, 1.165) is 10.9 Å². The predicted octanol–water partition coefficient (Wildman–Crippen LogP) is 3.28. The Morgan fingerprint density at radius 3 is 2.50 bits per heavy atom. The van der Waals surface area contributed by atoms with Crippen LogP contribution in [0.5, 0.6) is 0 Å². The minimum atomic E-state index is -1.01. The molecule has 0 fully saturated rings. The van der Waals surface area contributed by atoms with Crippen LogP contribution in [0.4, 0.5) is 0 Å². The van der Waals surface area contributed by atoms with Gasteiger partial charge in [-0.2, -0.15) is 0 Å². The van der Waals surface area contributed by atoms with Gasteiger partial charge in [0.25, 0.3) is 0 Å². The van der Waals surface area contributed by atoms with Gasteiger partial charge in [-0.1, -0.05) is 48.5 Å². The van der Waals surface area contributed by atoms with Gasteiger partial charge in [0.2, 0.25) is 5.78 Å². The van der Waals surface area contributed by atoms with Crippen LogP contribution in [0.1, 0.15) is 22.0 Å². The summed E-state index contributed by atoms with van der Waals surface area (Å²) in [6, 6.07) is 16.5. The number of hydrogen-bond donors (Lipinski definition) is 1. The average molecular weight is 323 g/mol. The highest BCUT2D eigenvalue weighted by Gasteiger charge is 2.27. The lowest BCUT2D eigenvalue weighted by Gasteiger charge is -2.17. The van der Waals surface area contributed by atoms with E-state index in [1.807, 2.05) is 30.3 Å². The van der Waals surface area contributed by atoms with Crippen molar-refractivity contribution < 1.29 is 19.1 Å². The van der Waals surface area contributed by atoms with Gasteiger partial charge in [-0.05, 0) is 6.07 Å². The maximum absolute atomic E-state index is 13.0. The lowest BCUT2D eigenvalue weighted by atomic mass is 9.99. The van der Waals surface area contributed by atoms with Crippen LogP contribution in [-0.4, -0.2) is 30.5 Å². The van der Waals surface area contributed by atoms with E-state index < -0.39 is 12.1 Å². The number of esters is 1. The van der Waals surface area contributed by atoms with Crippen LogP contribution >= 0.6 is 0 Å². The summed E-state index contributed by atoms with van der Waals surface area (Å²) in [6.45, 7) is -0.204. The Bertz CT molecular complexity index is 854. The van der Waals surface area contributed by atoms with Crippen LogP contribution in [0.15, 0.2) is 60.8 Å². The lowest BCUT2D eigenvalue weighted by molar-refractivity contribution is -0.151. The van der Waals surface area contributed by atoms with E-state index in [0.29, 0.717) is 11.1 Å². The summed E-state index contributed by atoms with van der Waals surface area (Å²) < 4.78 is 10.2. The van der Waals surface area contributed by atoms with Crippen LogP contribution < -0.4 is 0 Å². The Balaban J connectivity index is 1.98. The largest absolute Gasteiger partial charge is 0.447 e. The van der Waals surface area contributed by atoms with Gasteiger partial charge in [0.15, 0.2) is 6.10 Å². The predicted molar refractivity (Wildman–Crippen MR) is 89.8 cm³/mol. The summed E-state index contributed by atoms with van der Waals surface area (Å²) in [5.41, 5.74) is 1.97. The molecule has 122 valence electrons. The van der Waals surface area contributed by atoms with Crippen molar-refractivity contribution in [2.45, 2.75) is 6.10 Å². The van der Waals surface area contributed by atoms with E-state index in [1.165, 1.54) is 7.11 Å². The van der Waals surface area contributed by atoms with Crippen LogP contribution in [-0.2, 0) is 14.3 Å². The molecule has 1 atom stereocenters. The summed E-state index contributed by atoms with van der Waals surface area (Å²) in [5.74, 6) is -0.859. The van der Waals surface area contributed by atoms with Gasteiger partial charge in [-0.15, -0.1) is 0 Å². The Hall–Kier alpha value is -2.92. The molecule has 0 saturated heterocycles. The third-order valence-corrected chi connectivity index (χ3v) is 3.71. The molecule has 0 bridgehead atoms.